The van der Waals surface area contributed by atoms with E-state index in [0.29, 0.717) is 24.9 Å². The maximum Gasteiger partial charge on any atom is 0.239 e. The van der Waals surface area contributed by atoms with Gasteiger partial charge in [-0.1, -0.05) is 62.9 Å². The highest BCUT2D eigenvalue weighted by Crippen LogP contribution is 2.41. The summed E-state index contributed by atoms with van der Waals surface area (Å²) in [6, 6.07) is 10.9. The van der Waals surface area contributed by atoms with Gasteiger partial charge < -0.3 is 15.3 Å². The van der Waals surface area contributed by atoms with E-state index in [0.717, 1.165) is 57.3 Å². The zero-order valence-corrected chi connectivity index (χ0v) is 23.3. The van der Waals surface area contributed by atoms with Gasteiger partial charge in [0.15, 0.2) is 0 Å². The first-order chi connectivity index (χ1) is 17.8. The molecule has 2 aliphatic carbocycles. The van der Waals surface area contributed by atoms with Crippen molar-refractivity contribution >= 4 is 11.8 Å². The number of rotatable bonds is 8. The van der Waals surface area contributed by atoms with Crippen molar-refractivity contribution in [2.75, 3.05) is 33.7 Å². The van der Waals surface area contributed by atoms with Crippen LogP contribution in [0.4, 0.5) is 0 Å². The average molecular weight is 512 g/mol. The first-order valence-corrected chi connectivity index (χ1v) is 14.7. The lowest BCUT2D eigenvalue weighted by atomic mass is 9.73. The van der Waals surface area contributed by atoms with Crippen molar-refractivity contribution in [3.05, 3.63) is 35.9 Å². The number of hydrogen-bond donors (Lipinski definition) is 2. The molecule has 2 amide bonds. The predicted octanol–water partition coefficient (Wildman–Crippen LogP) is 4.57. The molecular weight excluding hydrogens is 462 g/mol. The Morgan fingerprint density at radius 3 is 2.38 bits per heavy atom. The Bertz CT molecular complexity index is 881. The third-order valence-electron chi connectivity index (χ3n) is 9.75. The summed E-state index contributed by atoms with van der Waals surface area (Å²) in [4.78, 5) is 31.0. The summed E-state index contributed by atoms with van der Waals surface area (Å²) in [5.41, 5.74) is 1.28. The predicted molar refractivity (Wildman–Crippen MR) is 148 cm³/mol. The van der Waals surface area contributed by atoms with E-state index < -0.39 is 0 Å². The molecule has 2 unspecified atom stereocenters. The molecule has 3 fully saturated rings. The number of aliphatic hydroxyl groups excluding tert-OH is 1. The monoisotopic (exact) mass is 511 g/mol. The minimum Gasteiger partial charge on any atom is -0.393 e. The van der Waals surface area contributed by atoms with Crippen LogP contribution >= 0.6 is 0 Å². The lowest BCUT2D eigenvalue weighted by Gasteiger charge is -2.41. The van der Waals surface area contributed by atoms with Crippen molar-refractivity contribution in [3.8, 4) is 0 Å². The van der Waals surface area contributed by atoms with E-state index in [9.17, 15) is 14.7 Å². The Labute approximate surface area is 224 Å². The summed E-state index contributed by atoms with van der Waals surface area (Å²) in [5.74, 6) is 1.50. The van der Waals surface area contributed by atoms with Crippen LogP contribution in [0.15, 0.2) is 30.3 Å². The number of nitrogens with zero attached hydrogens (tertiary/aromatic N) is 2. The van der Waals surface area contributed by atoms with Crippen molar-refractivity contribution < 1.29 is 14.7 Å². The summed E-state index contributed by atoms with van der Waals surface area (Å²) in [7, 11) is 4.38. The number of carbonyl (C=O) groups is 2. The van der Waals surface area contributed by atoms with Gasteiger partial charge in [0.1, 0.15) is 0 Å². The number of hydrogen-bond acceptors (Lipinski definition) is 4. The lowest BCUT2D eigenvalue weighted by Crippen LogP contribution is -2.47. The summed E-state index contributed by atoms with van der Waals surface area (Å²) >= 11 is 0. The molecule has 1 aliphatic heterocycles. The molecule has 0 aromatic heterocycles. The molecule has 206 valence electrons. The highest BCUT2D eigenvalue weighted by atomic mass is 16.3. The molecule has 0 bridgehead atoms. The summed E-state index contributed by atoms with van der Waals surface area (Å²) in [6.07, 6.45) is 11.4. The van der Waals surface area contributed by atoms with Crippen LogP contribution in [0.25, 0.3) is 0 Å². The third kappa shape index (κ3) is 6.94. The zero-order chi connectivity index (χ0) is 26.4. The van der Waals surface area contributed by atoms with E-state index in [1.165, 1.54) is 24.8 Å². The van der Waals surface area contributed by atoms with Gasteiger partial charge in [0.25, 0.3) is 0 Å². The van der Waals surface area contributed by atoms with Crippen molar-refractivity contribution in [2.24, 2.45) is 23.7 Å². The van der Waals surface area contributed by atoms with Crippen LogP contribution in [-0.4, -0.2) is 66.6 Å². The smallest absolute Gasteiger partial charge is 0.239 e. The number of benzene rings is 1. The van der Waals surface area contributed by atoms with Crippen LogP contribution in [-0.2, 0) is 15.1 Å². The van der Waals surface area contributed by atoms with Crippen LogP contribution in [0.5, 0.6) is 0 Å². The molecule has 2 saturated carbocycles. The normalized spacial score (nSPS) is 31.8. The second-order valence-corrected chi connectivity index (χ2v) is 12.4. The Balaban J connectivity index is 1.51. The van der Waals surface area contributed by atoms with Crippen LogP contribution in [0.3, 0.4) is 0 Å². The Hall–Kier alpha value is -1.92. The molecule has 37 heavy (non-hydrogen) atoms. The molecule has 1 heterocycles. The van der Waals surface area contributed by atoms with Gasteiger partial charge in [-0.25, -0.2) is 0 Å². The first-order valence-electron chi connectivity index (χ1n) is 14.7. The van der Waals surface area contributed by atoms with Crippen molar-refractivity contribution in [1.29, 1.82) is 0 Å². The second kappa shape index (κ2) is 12.8. The third-order valence-corrected chi connectivity index (χ3v) is 9.75. The molecule has 3 atom stereocenters. The van der Waals surface area contributed by atoms with E-state index in [4.69, 9.17) is 0 Å². The second-order valence-electron chi connectivity index (χ2n) is 12.4. The van der Waals surface area contributed by atoms with Gasteiger partial charge >= 0.3 is 0 Å². The summed E-state index contributed by atoms with van der Waals surface area (Å²) in [6.45, 7) is 3.45. The Morgan fingerprint density at radius 2 is 1.76 bits per heavy atom. The quantitative estimate of drug-likeness (QED) is 0.537. The highest BCUT2D eigenvalue weighted by molar-refractivity contribution is 5.86. The zero-order valence-electron chi connectivity index (χ0n) is 23.3. The van der Waals surface area contributed by atoms with E-state index in [1.807, 2.05) is 4.90 Å². The molecule has 3 aliphatic rings. The van der Waals surface area contributed by atoms with E-state index in [-0.39, 0.29) is 35.9 Å². The SMILES string of the molecule is CC1C(=O)N(CC(=O)NC[C@H]2C[C@@H](O)C2)CCC[C@](c2ccccc2)(N(C)C)CCCC1CC1CCC1. The summed E-state index contributed by atoms with van der Waals surface area (Å²) in [5, 5.41) is 12.6. The van der Waals surface area contributed by atoms with Crippen LogP contribution in [0.2, 0.25) is 0 Å². The molecule has 1 saturated heterocycles. The van der Waals surface area contributed by atoms with Gasteiger partial charge in [0.05, 0.1) is 12.6 Å². The minimum absolute atomic E-state index is 0.0567. The minimum atomic E-state index is -0.218. The molecule has 4 rings (SSSR count). The molecule has 6 heteroatoms. The highest BCUT2D eigenvalue weighted by Gasteiger charge is 2.38. The van der Waals surface area contributed by atoms with Gasteiger partial charge in [-0.3, -0.25) is 14.5 Å². The van der Waals surface area contributed by atoms with E-state index >= 15 is 0 Å². The molecule has 2 N–H and O–H groups in total. The lowest BCUT2D eigenvalue weighted by molar-refractivity contribution is -0.141. The van der Waals surface area contributed by atoms with Gasteiger partial charge in [-0.15, -0.1) is 0 Å². The maximum atomic E-state index is 13.8. The van der Waals surface area contributed by atoms with Crippen molar-refractivity contribution in [2.45, 2.75) is 89.2 Å². The van der Waals surface area contributed by atoms with Crippen molar-refractivity contribution in [3.63, 3.8) is 0 Å². The largest absolute Gasteiger partial charge is 0.393 e. The van der Waals surface area contributed by atoms with Gasteiger partial charge in [-0.05, 0) is 82.4 Å². The number of aliphatic hydroxyl groups is 1. The molecule has 6 nitrogen and oxygen atoms in total. The molecule has 0 spiro atoms. The number of nitrogens with one attached hydrogen (secondary N) is 1. The van der Waals surface area contributed by atoms with Crippen LogP contribution in [0.1, 0.15) is 83.1 Å². The van der Waals surface area contributed by atoms with Crippen molar-refractivity contribution in [1.82, 2.24) is 15.1 Å². The van der Waals surface area contributed by atoms with E-state index in [1.54, 1.807) is 0 Å². The van der Waals surface area contributed by atoms with Gasteiger partial charge in [0, 0.05) is 24.5 Å². The molecule has 1 aromatic carbocycles. The average Bonchev–Trinajstić information content (AvgIpc) is 2.86. The van der Waals surface area contributed by atoms with E-state index in [2.05, 4.69) is 61.6 Å². The maximum absolute atomic E-state index is 13.8. The first kappa shape index (κ1) is 28.1. The van der Waals surface area contributed by atoms with Crippen LogP contribution in [0, 0.1) is 23.7 Å². The Kier molecular flexibility index (Phi) is 9.68. The Morgan fingerprint density at radius 1 is 1.05 bits per heavy atom. The molecular formula is C31H49N3O3. The van der Waals surface area contributed by atoms with Gasteiger partial charge in [0.2, 0.25) is 11.8 Å². The number of carbonyl (C=O) groups excluding carboxylic acids is 2. The summed E-state index contributed by atoms with van der Waals surface area (Å²) < 4.78 is 0. The fraction of sp³-hybridized carbons (Fsp3) is 0.742. The fourth-order valence-corrected chi connectivity index (χ4v) is 6.93. The molecule has 0 radical (unpaired) electrons. The van der Waals surface area contributed by atoms with Crippen LogP contribution < -0.4 is 5.32 Å². The number of amides is 2. The molecule has 1 aromatic rings. The van der Waals surface area contributed by atoms with Gasteiger partial charge in [-0.2, -0.15) is 0 Å². The fourth-order valence-electron chi connectivity index (χ4n) is 6.93. The standard InChI is InChI=1S/C31H49N3O3/c1-23-26(18-24-10-7-11-24)12-8-15-31(33(2)3,27-13-5-4-6-14-27)16-9-17-34(30(23)37)22-29(36)32-21-25-19-28(35)20-25/h4-6,13-14,23-26,28,35H,7-12,15-22H2,1-3H3,(H,32,36)/t23?,25-,26?,28+,31-/m1/s1. The topological polar surface area (TPSA) is 72.9 Å².